The highest BCUT2D eigenvalue weighted by Gasteiger charge is 2.39. The third-order valence-electron chi connectivity index (χ3n) is 4.31. The maximum atomic E-state index is 12.9. The van der Waals surface area contributed by atoms with E-state index in [1.54, 1.807) is 12.1 Å². The van der Waals surface area contributed by atoms with E-state index in [9.17, 15) is 19.2 Å². The zero-order valence-electron chi connectivity index (χ0n) is 14.9. The highest BCUT2D eigenvalue weighted by molar-refractivity contribution is 6.68. The SMILES string of the molecule is O=C(CC(Cl)(Cl)Cl)ON(NC(=O)N1CCOC1=O)[C@H]1CCc2ccccc2C1=O. The van der Waals surface area contributed by atoms with Gasteiger partial charge < -0.3 is 9.57 Å². The Labute approximate surface area is 180 Å². The van der Waals surface area contributed by atoms with Gasteiger partial charge in [-0.15, -0.1) is 0 Å². The summed E-state index contributed by atoms with van der Waals surface area (Å²) in [7, 11) is 0. The number of halogens is 3. The number of hydrogen-bond donors (Lipinski definition) is 1. The van der Waals surface area contributed by atoms with Crippen LogP contribution >= 0.6 is 34.8 Å². The Morgan fingerprint density at radius 3 is 2.66 bits per heavy atom. The highest BCUT2D eigenvalue weighted by atomic mass is 35.6. The zero-order chi connectivity index (χ0) is 21.2. The molecule has 0 saturated carbocycles. The first-order chi connectivity index (χ1) is 13.7. The Morgan fingerprint density at radius 2 is 2.00 bits per heavy atom. The first-order valence-corrected chi connectivity index (χ1v) is 9.73. The molecule has 3 rings (SSSR count). The van der Waals surface area contributed by atoms with E-state index in [4.69, 9.17) is 44.4 Å². The molecule has 1 fully saturated rings. The molecular weight excluding hydrogens is 449 g/mol. The fourth-order valence-electron chi connectivity index (χ4n) is 3.01. The minimum Gasteiger partial charge on any atom is -0.447 e. The van der Waals surface area contributed by atoms with Crippen LogP contribution in [0.2, 0.25) is 0 Å². The van der Waals surface area contributed by atoms with Crippen molar-refractivity contribution in [2.45, 2.75) is 29.1 Å². The van der Waals surface area contributed by atoms with Crippen molar-refractivity contribution in [3.05, 3.63) is 35.4 Å². The van der Waals surface area contributed by atoms with Crippen LogP contribution in [0.15, 0.2) is 24.3 Å². The van der Waals surface area contributed by atoms with Gasteiger partial charge in [0, 0.05) is 5.56 Å². The largest absolute Gasteiger partial charge is 0.447 e. The van der Waals surface area contributed by atoms with E-state index < -0.39 is 34.3 Å². The van der Waals surface area contributed by atoms with Crippen molar-refractivity contribution >= 4 is 58.7 Å². The van der Waals surface area contributed by atoms with Gasteiger partial charge in [-0.05, 0) is 23.6 Å². The van der Waals surface area contributed by atoms with Gasteiger partial charge in [0.25, 0.3) is 0 Å². The third kappa shape index (κ3) is 5.30. The van der Waals surface area contributed by atoms with Crippen molar-refractivity contribution in [1.29, 1.82) is 0 Å². The van der Waals surface area contributed by atoms with Crippen molar-refractivity contribution < 1.29 is 28.8 Å². The van der Waals surface area contributed by atoms with Gasteiger partial charge in [0.2, 0.25) is 3.79 Å². The number of alkyl halides is 3. The van der Waals surface area contributed by atoms with Gasteiger partial charge in [0.1, 0.15) is 12.6 Å². The van der Waals surface area contributed by atoms with E-state index in [-0.39, 0.29) is 25.4 Å². The number of ketones is 1. The summed E-state index contributed by atoms with van der Waals surface area (Å²) < 4.78 is 2.79. The predicted molar refractivity (Wildman–Crippen MR) is 102 cm³/mol. The summed E-state index contributed by atoms with van der Waals surface area (Å²) >= 11 is 16.8. The van der Waals surface area contributed by atoms with Crippen LogP contribution in [-0.4, -0.2) is 56.9 Å². The van der Waals surface area contributed by atoms with Crippen LogP contribution in [0.25, 0.3) is 0 Å². The molecule has 1 aliphatic carbocycles. The lowest BCUT2D eigenvalue weighted by atomic mass is 9.87. The molecule has 0 spiro atoms. The maximum absolute atomic E-state index is 12.9. The van der Waals surface area contributed by atoms with Crippen LogP contribution in [0.4, 0.5) is 9.59 Å². The fraction of sp³-hybridized carbons (Fsp3) is 0.412. The van der Waals surface area contributed by atoms with Crippen LogP contribution in [0.1, 0.15) is 28.8 Å². The number of carbonyl (C=O) groups excluding carboxylic acids is 4. The Balaban J connectivity index is 1.80. The number of imide groups is 1. The summed E-state index contributed by atoms with van der Waals surface area (Å²) in [5.74, 6) is -1.35. The van der Waals surface area contributed by atoms with Crippen molar-refractivity contribution in [1.82, 2.24) is 15.5 Å². The number of hydroxylamine groups is 1. The number of benzene rings is 1. The maximum Gasteiger partial charge on any atom is 0.418 e. The van der Waals surface area contributed by atoms with Crippen LogP contribution in [0.5, 0.6) is 0 Å². The second-order valence-electron chi connectivity index (χ2n) is 6.34. The number of amides is 3. The van der Waals surface area contributed by atoms with Crippen molar-refractivity contribution in [3.63, 3.8) is 0 Å². The molecule has 9 nitrogen and oxygen atoms in total. The average molecular weight is 465 g/mol. The molecule has 1 N–H and O–H groups in total. The van der Waals surface area contributed by atoms with Crippen molar-refractivity contribution in [2.75, 3.05) is 13.2 Å². The summed E-state index contributed by atoms with van der Waals surface area (Å²) in [4.78, 5) is 55.0. The number of hydrazine groups is 1. The average Bonchev–Trinajstić information content (AvgIpc) is 3.06. The lowest BCUT2D eigenvalue weighted by Crippen LogP contribution is -2.57. The number of urea groups is 1. The molecule has 12 heteroatoms. The monoisotopic (exact) mass is 463 g/mol. The Kier molecular flexibility index (Phi) is 6.52. The molecule has 156 valence electrons. The number of carbonyl (C=O) groups is 4. The molecule has 1 heterocycles. The van der Waals surface area contributed by atoms with Gasteiger partial charge in [-0.2, -0.15) is 0 Å². The van der Waals surface area contributed by atoms with Crippen LogP contribution in [0.3, 0.4) is 0 Å². The number of aryl methyl sites for hydroxylation is 1. The highest BCUT2D eigenvalue weighted by Crippen LogP contribution is 2.31. The number of cyclic esters (lactones) is 1. The Bertz CT molecular complexity index is 844. The second kappa shape index (κ2) is 8.74. The van der Waals surface area contributed by atoms with Gasteiger partial charge in [0.05, 0.1) is 13.0 Å². The van der Waals surface area contributed by atoms with E-state index >= 15 is 0 Å². The summed E-state index contributed by atoms with van der Waals surface area (Å²) in [5, 5.41) is 0.713. The standard InChI is InChI=1S/C17H16Cl3N3O6/c18-17(19,20)9-13(24)29-23(21-15(26)22-7-8-28-16(22)27)12-6-5-10-3-1-2-4-11(10)14(12)25/h1-4,12H,5-9H2,(H,21,26)/t12-/m0/s1. The van der Waals surface area contributed by atoms with Crippen molar-refractivity contribution in [3.8, 4) is 0 Å². The van der Waals surface area contributed by atoms with Gasteiger partial charge >= 0.3 is 18.1 Å². The molecule has 0 aromatic heterocycles. The number of nitrogens with zero attached hydrogens (tertiary/aromatic N) is 2. The van der Waals surface area contributed by atoms with E-state index in [1.165, 1.54) is 0 Å². The lowest BCUT2D eigenvalue weighted by molar-refractivity contribution is -0.211. The molecular formula is C17H16Cl3N3O6. The summed E-state index contributed by atoms with van der Waals surface area (Å²) in [6, 6.07) is 5.04. The number of fused-ring (bicyclic) bond motifs is 1. The number of Topliss-reactive ketones (excluding diaryl/α,β-unsaturated/α-hetero) is 1. The third-order valence-corrected chi connectivity index (χ3v) is 4.71. The number of rotatable bonds is 4. The van der Waals surface area contributed by atoms with E-state index in [0.717, 1.165) is 10.5 Å². The van der Waals surface area contributed by atoms with Crippen LogP contribution < -0.4 is 5.43 Å². The molecule has 0 unspecified atom stereocenters. The lowest BCUT2D eigenvalue weighted by Gasteiger charge is -2.32. The normalized spacial score (nSPS) is 19.0. The van der Waals surface area contributed by atoms with Crippen molar-refractivity contribution in [2.24, 2.45) is 0 Å². The number of hydrogen-bond acceptors (Lipinski definition) is 7. The molecule has 1 saturated heterocycles. The fourth-order valence-corrected chi connectivity index (χ4v) is 3.34. The summed E-state index contributed by atoms with van der Waals surface area (Å²) in [5.41, 5.74) is 3.55. The molecule has 1 aromatic rings. The van der Waals surface area contributed by atoms with E-state index in [2.05, 4.69) is 5.43 Å². The number of ether oxygens (including phenoxy) is 1. The number of nitrogens with one attached hydrogen (secondary N) is 1. The van der Waals surface area contributed by atoms with Gasteiger partial charge in [-0.3, -0.25) is 9.59 Å². The molecule has 2 aliphatic rings. The topological polar surface area (TPSA) is 105 Å². The van der Waals surface area contributed by atoms with Gasteiger partial charge in [0.15, 0.2) is 5.78 Å². The minimum atomic E-state index is -1.92. The Hall–Kier alpha value is -2.07. The van der Waals surface area contributed by atoms with E-state index in [1.807, 2.05) is 12.1 Å². The molecule has 0 radical (unpaired) electrons. The smallest absolute Gasteiger partial charge is 0.418 e. The predicted octanol–water partition coefficient (Wildman–Crippen LogP) is 2.78. The zero-order valence-corrected chi connectivity index (χ0v) is 17.2. The van der Waals surface area contributed by atoms with Crippen LogP contribution in [0, 0.1) is 0 Å². The molecule has 29 heavy (non-hydrogen) atoms. The second-order valence-corrected chi connectivity index (χ2v) is 8.86. The summed E-state index contributed by atoms with van der Waals surface area (Å²) in [6.45, 7) is 0.0527. The molecule has 3 amide bonds. The quantitative estimate of drug-likeness (QED) is 0.539. The van der Waals surface area contributed by atoms with Crippen LogP contribution in [-0.2, 0) is 20.8 Å². The first kappa shape index (κ1) is 21.6. The molecule has 1 atom stereocenters. The van der Waals surface area contributed by atoms with Gasteiger partial charge in [-0.25, -0.2) is 19.9 Å². The van der Waals surface area contributed by atoms with E-state index in [0.29, 0.717) is 17.2 Å². The summed E-state index contributed by atoms with van der Waals surface area (Å²) in [6.07, 6.45) is -0.711. The first-order valence-electron chi connectivity index (χ1n) is 8.59. The molecule has 0 bridgehead atoms. The Morgan fingerprint density at radius 1 is 1.28 bits per heavy atom. The van der Waals surface area contributed by atoms with Gasteiger partial charge in [-0.1, -0.05) is 59.1 Å². The molecule has 1 aliphatic heterocycles. The minimum absolute atomic E-state index is 0.0159. The molecule has 1 aromatic carbocycles.